The Kier molecular flexibility index (Phi) is 8.60. The number of anilines is 1. The molecule has 1 heterocycles. The van der Waals surface area contributed by atoms with E-state index in [1.165, 1.54) is 4.90 Å². The van der Waals surface area contributed by atoms with Crippen molar-refractivity contribution < 1.29 is 9.59 Å². The zero-order valence-corrected chi connectivity index (χ0v) is 21.5. The number of aryl methyl sites for hydroxylation is 2. The van der Waals surface area contributed by atoms with Gasteiger partial charge < -0.3 is 11.1 Å². The summed E-state index contributed by atoms with van der Waals surface area (Å²) in [6.45, 7) is 9.27. The molecule has 5 N–H and O–H groups in total. The van der Waals surface area contributed by atoms with Crippen LogP contribution >= 0.6 is 0 Å². The molecular formula is C29H32N6O2. The van der Waals surface area contributed by atoms with Crippen LogP contribution in [0.3, 0.4) is 0 Å². The van der Waals surface area contributed by atoms with E-state index in [1.807, 2.05) is 56.3 Å². The highest BCUT2D eigenvalue weighted by Gasteiger charge is 2.22. The van der Waals surface area contributed by atoms with E-state index in [-0.39, 0.29) is 11.4 Å². The number of amides is 2. The van der Waals surface area contributed by atoms with Crippen LogP contribution in [0.25, 0.3) is 16.5 Å². The van der Waals surface area contributed by atoms with Crippen LogP contribution < -0.4 is 21.8 Å². The fourth-order valence-corrected chi connectivity index (χ4v) is 3.78. The number of urea groups is 1. The molecule has 0 radical (unpaired) electrons. The summed E-state index contributed by atoms with van der Waals surface area (Å²) in [6, 6.07) is 12.8. The number of allylic oxidation sites excluding steroid dienone is 5. The molecule has 37 heavy (non-hydrogen) atoms. The van der Waals surface area contributed by atoms with E-state index in [2.05, 4.69) is 16.9 Å². The second-order valence-electron chi connectivity index (χ2n) is 8.58. The molecule has 3 rings (SSSR count). The van der Waals surface area contributed by atoms with Gasteiger partial charge in [0.1, 0.15) is 5.70 Å². The molecule has 2 amide bonds. The van der Waals surface area contributed by atoms with Gasteiger partial charge in [-0.15, -0.1) is 0 Å². The molecule has 0 aliphatic heterocycles. The van der Waals surface area contributed by atoms with Crippen LogP contribution in [-0.2, 0) is 4.79 Å². The van der Waals surface area contributed by atoms with Gasteiger partial charge in [0.25, 0.3) is 0 Å². The normalized spacial score (nSPS) is 12.6. The van der Waals surface area contributed by atoms with Gasteiger partial charge in [-0.05, 0) is 44.0 Å². The number of rotatable bonds is 8. The Hall–Kier alpha value is -4.69. The molecular weight excluding hydrogens is 464 g/mol. The van der Waals surface area contributed by atoms with E-state index in [1.54, 1.807) is 44.6 Å². The zero-order valence-electron chi connectivity index (χ0n) is 21.5. The Labute approximate surface area is 217 Å². The predicted molar refractivity (Wildman–Crippen MR) is 150 cm³/mol. The number of aldehydes is 1. The van der Waals surface area contributed by atoms with E-state index >= 15 is 0 Å². The van der Waals surface area contributed by atoms with Crippen LogP contribution in [0, 0.1) is 13.8 Å². The van der Waals surface area contributed by atoms with Gasteiger partial charge in [-0.2, -0.15) is 0 Å². The summed E-state index contributed by atoms with van der Waals surface area (Å²) < 4.78 is 0. The number of hydrogen-bond acceptors (Lipinski definition) is 6. The zero-order chi connectivity index (χ0) is 27.1. The van der Waals surface area contributed by atoms with Crippen molar-refractivity contribution in [2.45, 2.75) is 20.8 Å². The average molecular weight is 497 g/mol. The second-order valence-corrected chi connectivity index (χ2v) is 8.58. The topological polar surface area (TPSA) is 118 Å². The maximum atomic E-state index is 13.6. The van der Waals surface area contributed by atoms with Crippen molar-refractivity contribution in [2.24, 2.45) is 11.6 Å². The van der Waals surface area contributed by atoms with Crippen LogP contribution in [0.1, 0.15) is 23.6 Å². The number of hydrazine groups is 1. The van der Waals surface area contributed by atoms with Crippen molar-refractivity contribution in [2.75, 3.05) is 11.9 Å². The van der Waals surface area contributed by atoms with Crippen molar-refractivity contribution in [1.29, 1.82) is 0 Å². The van der Waals surface area contributed by atoms with Crippen LogP contribution in [0.5, 0.6) is 0 Å². The molecule has 190 valence electrons. The molecule has 0 fully saturated rings. The number of fused-ring (bicyclic) bond motifs is 1. The number of aromatic nitrogens is 1. The summed E-state index contributed by atoms with van der Waals surface area (Å²) in [6.07, 6.45) is 8.82. The van der Waals surface area contributed by atoms with Gasteiger partial charge in [0, 0.05) is 35.3 Å². The Bertz CT molecular complexity index is 1430. The fourth-order valence-electron chi connectivity index (χ4n) is 3.78. The molecule has 0 saturated heterocycles. The van der Waals surface area contributed by atoms with E-state index < -0.39 is 6.03 Å². The lowest BCUT2D eigenvalue weighted by Gasteiger charge is -2.26. The van der Waals surface area contributed by atoms with Crippen LogP contribution in [0.15, 0.2) is 96.8 Å². The number of hydrogen-bond donors (Lipinski definition) is 3. The van der Waals surface area contributed by atoms with Gasteiger partial charge in [-0.1, -0.05) is 55.1 Å². The molecule has 0 aliphatic carbocycles. The summed E-state index contributed by atoms with van der Waals surface area (Å²) in [5, 5.41) is 5.82. The number of benzene rings is 2. The lowest BCUT2D eigenvalue weighted by Crippen LogP contribution is -2.40. The predicted octanol–water partition coefficient (Wildman–Crippen LogP) is 4.67. The fraction of sp³-hybridized carbons (Fsp3) is 0.138. The van der Waals surface area contributed by atoms with Crippen molar-refractivity contribution >= 4 is 34.5 Å². The van der Waals surface area contributed by atoms with Gasteiger partial charge >= 0.3 is 6.03 Å². The highest BCUT2D eigenvalue weighted by Crippen LogP contribution is 2.26. The number of nitrogens with zero attached hydrogens (tertiary/aromatic N) is 3. The number of nitrogens with two attached hydrogens (primary N) is 2. The first-order valence-corrected chi connectivity index (χ1v) is 11.6. The number of nitrogens with one attached hydrogen (secondary N) is 1. The molecule has 8 heteroatoms. The maximum absolute atomic E-state index is 13.6. The lowest BCUT2D eigenvalue weighted by atomic mass is 10.0. The monoisotopic (exact) mass is 496 g/mol. The summed E-state index contributed by atoms with van der Waals surface area (Å²) in [5.41, 5.74) is 10.4. The highest BCUT2D eigenvalue weighted by molar-refractivity contribution is 6.05. The van der Waals surface area contributed by atoms with Gasteiger partial charge in [-0.3, -0.25) is 19.7 Å². The molecule has 2 aromatic carbocycles. The number of pyridine rings is 1. The molecule has 1 aromatic heterocycles. The molecule has 0 bridgehead atoms. The Morgan fingerprint density at radius 1 is 1.08 bits per heavy atom. The maximum Gasteiger partial charge on any atom is 0.326 e. The Morgan fingerprint density at radius 2 is 1.81 bits per heavy atom. The lowest BCUT2D eigenvalue weighted by molar-refractivity contribution is -0.106. The molecule has 8 nitrogen and oxygen atoms in total. The third-order valence-electron chi connectivity index (χ3n) is 6.02. The SMILES string of the molecule is C=C/C=C\C(=C(/C)N)N(N)/C(C=O)=C(/NC(=O)N(C)c1cncc2ccccc12)c1ccc(C)c(C)c1. The van der Waals surface area contributed by atoms with Gasteiger partial charge in [0.15, 0.2) is 6.29 Å². The second kappa shape index (κ2) is 11.8. The van der Waals surface area contributed by atoms with E-state index in [0.717, 1.165) is 26.9 Å². The highest BCUT2D eigenvalue weighted by atomic mass is 16.2. The standard InChI is InChI=1S/C29H32N6O2/c1-6-7-12-25(21(4)30)35(31)27(18-36)28(22-14-13-19(2)20(3)15-22)33-29(37)34(5)26-17-32-16-23-10-8-9-11-24(23)26/h6-18H,1,30-31H2,2-5H3,(H,33,37)/b12-7-,25-21-,28-27+. The number of carbonyl (C=O) groups excluding carboxylic acids is 2. The van der Waals surface area contributed by atoms with E-state index in [4.69, 9.17) is 11.6 Å². The third kappa shape index (κ3) is 5.94. The van der Waals surface area contributed by atoms with Crippen molar-refractivity contribution in [3.63, 3.8) is 0 Å². The van der Waals surface area contributed by atoms with E-state index in [9.17, 15) is 9.59 Å². The molecule has 0 saturated carbocycles. The first kappa shape index (κ1) is 26.9. The minimum atomic E-state index is -0.476. The quantitative estimate of drug-likeness (QED) is 0.137. The summed E-state index contributed by atoms with van der Waals surface area (Å²) in [5.74, 6) is 6.40. The summed E-state index contributed by atoms with van der Waals surface area (Å²) in [7, 11) is 1.64. The average Bonchev–Trinajstić information content (AvgIpc) is 2.89. The van der Waals surface area contributed by atoms with Gasteiger partial charge in [-0.25, -0.2) is 10.6 Å². The van der Waals surface area contributed by atoms with Gasteiger partial charge in [0.2, 0.25) is 0 Å². The van der Waals surface area contributed by atoms with Crippen molar-refractivity contribution in [1.82, 2.24) is 15.3 Å². The van der Waals surface area contributed by atoms with E-state index in [0.29, 0.717) is 28.9 Å². The molecule has 3 aromatic rings. The molecule has 0 aliphatic rings. The molecule has 0 atom stereocenters. The first-order valence-electron chi connectivity index (χ1n) is 11.6. The van der Waals surface area contributed by atoms with Gasteiger partial charge in [0.05, 0.1) is 23.3 Å². The largest absolute Gasteiger partial charge is 0.401 e. The van der Waals surface area contributed by atoms with Crippen LogP contribution in [0.4, 0.5) is 10.5 Å². The minimum absolute atomic E-state index is 0.0227. The van der Waals surface area contributed by atoms with Crippen LogP contribution in [-0.4, -0.2) is 29.4 Å². The minimum Gasteiger partial charge on any atom is -0.401 e. The smallest absolute Gasteiger partial charge is 0.326 e. The number of carbonyl (C=O) groups is 2. The van der Waals surface area contributed by atoms with Crippen molar-refractivity contribution in [3.8, 4) is 0 Å². The summed E-state index contributed by atoms with van der Waals surface area (Å²) in [4.78, 5) is 31.7. The Morgan fingerprint density at radius 3 is 2.46 bits per heavy atom. The third-order valence-corrected chi connectivity index (χ3v) is 6.02. The Balaban J connectivity index is 2.14. The first-order chi connectivity index (χ1) is 17.7. The molecule has 0 spiro atoms. The summed E-state index contributed by atoms with van der Waals surface area (Å²) >= 11 is 0. The van der Waals surface area contributed by atoms with Crippen molar-refractivity contribution in [3.05, 3.63) is 113 Å². The van der Waals surface area contributed by atoms with Crippen LogP contribution in [0.2, 0.25) is 0 Å². The molecule has 0 unspecified atom stereocenters.